The number of Topliss-reactive ketones (excluding diaryl/α,β-unsaturated/α-hetero) is 1. The summed E-state index contributed by atoms with van der Waals surface area (Å²) in [5.41, 5.74) is 4.37. The van der Waals surface area contributed by atoms with Gasteiger partial charge in [0.25, 0.3) is 0 Å². The predicted molar refractivity (Wildman–Crippen MR) is 81.7 cm³/mol. The molecule has 2 fully saturated rings. The molecule has 0 N–H and O–H groups in total. The third kappa shape index (κ3) is 1.77. The maximum Gasteiger partial charge on any atom is 0.156 e. The minimum absolute atomic E-state index is 0.0608. The van der Waals surface area contributed by atoms with E-state index in [4.69, 9.17) is 0 Å². The van der Waals surface area contributed by atoms with Crippen LogP contribution in [0.3, 0.4) is 0 Å². The molecule has 0 amide bonds. The van der Waals surface area contributed by atoms with Gasteiger partial charge in [-0.25, -0.2) is 0 Å². The molecule has 2 heteroatoms. The van der Waals surface area contributed by atoms with Crippen LogP contribution in [-0.4, -0.2) is 11.6 Å². The summed E-state index contributed by atoms with van der Waals surface area (Å²) < 4.78 is 0. The fourth-order valence-electron chi connectivity index (χ4n) is 5.68. The van der Waals surface area contributed by atoms with Gasteiger partial charge in [-0.2, -0.15) is 0 Å². The van der Waals surface area contributed by atoms with E-state index in [-0.39, 0.29) is 5.41 Å². The molecule has 4 rings (SSSR count). The Morgan fingerprint density at radius 2 is 1.95 bits per heavy atom. The fourth-order valence-corrected chi connectivity index (χ4v) is 5.68. The number of rotatable bonds is 0. The Morgan fingerprint density at radius 3 is 2.76 bits per heavy atom. The molecule has 0 aliphatic heterocycles. The summed E-state index contributed by atoms with van der Waals surface area (Å²) in [6.07, 6.45) is 8.55. The van der Waals surface area contributed by atoms with Crippen LogP contribution in [0.5, 0.6) is 0 Å². The lowest BCUT2D eigenvalue weighted by atomic mass is 9.55. The number of ketones is 2. The molecule has 0 aromatic carbocycles. The first-order chi connectivity index (χ1) is 10.0. The Morgan fingerprint density at radius 1 is 1.14 bits per heavy atom. The molecule has 0 bridgehead atoms. The van der Waals surface area contributed by atoms with E-state index in [2.05, 4.69) is 13.8 Å². The molecule has 0 aromatic rings. The third-order valence-corrected chi connectivity index (χ3v) is 6.77. The quantitative estimate of drug-likeness (QED) is 0.673. The van der Waals surface area contributed by atoms with E-state index in [1.54, 1.807) is 5.57 Å². The van der Waals surface area contributed by atoms with Gasteiger partial charge in [0.05, 0.1) is 0 Å². The largest absolute Gasteiger partial charge is 0.299 e. The van der Waals surface area contributed by atoms with Crippen molar-refractivity contribution in [3.8, 4) is 0 Å². The molecule has 112 valence electrons. The van der Waals surface area contributed by atoms with Gasteiger partial charge in [-0.05, 0) is 67.1 Å². The summed E-state index contributed by atoms with van der Waals surface area (Å²) in [7, 11) is 0. The van der Waals surface area contributed by atoms with Crippen LogP contribution in [0.25, 0.3) is 0 Å². The number of carbonyl (C=O) groups excluding carboxylic acids is 2. The van der Waals surface area contributed by atoms with Crippen LogP contribution in [0.15, 0.2) is 22.8 Å². The molecule has 0 heterocycles. The number of hydrogen-bond acceptors (Lipinski definition) is 2. The number of carbonyl (C=O) groups is 2. The molecule has 0 aromatic heterocycles. The predicted octanol–water partition coefficient (Wildman–Crippen LogP) is 4.01. The summed E-state index contributed by atoms with van der Waals surface area (Å²) in [4.78, 5) is 24.1. The van der Waals surface area contributed by atoms with Crippen LogP contribution >= 0.6 is 0 Å². The van der Waals surface area contributed by atoms with Crippen molar-refractivity contribution in [1.29, 1.82) is 0 Å². The highest BCUT2D eigenvalue weighted by Crippen LogP contribution is 2.59. The van der Waals surface area contributed by atoms with Crippen LogP contribution in [-0.2, 0) is 9.59 Å². The summed E-state index contributed by atoms with van der Waals surface area (Å²) in [6.45, 7) is 4.55. The normalized spacial score (nSPS) is 42.4. The first-order valence-corrected chi connectivity index (χ1v) is 8.49. The van der Waals surface area contributed by atoms with Gasteiger partial charge in [0.1, 0.15) is 5.78 Å². The van der Waals surface area contributed by atoms with Crippen molar-refractivity contribution >= 4 is 11.6 Å². The van der Waals surface area contributed by atoms with Crippen molar-refractivity contribution in [3.63, 3.8) is 0 Å². The van der Waals surface area contributed by atoms with E-state index in [1.165, 1.54) is 11.1 Å². The molecule has 2 nitrogen and oxygen atoms in total. The van der Waals surface area contributed by atoms with Crippen molar-refractivity contribution in [2.75, 3.05) is 0 Å². The summed E-state index contributed by atoms with van der Waals surface area (Å²) in [6, 6.07) is 0. The Hall–Kier alpha value is -1.18. The molecule has 4 aliphatic rings. The van der Waals surface area contributed by atoms with Gasteiger partial charge in [0.2, 0.25) is 0 Å². The maximum absolute atomic E-state index is 12.4. The van der Waals surface area contributed by atoms with Gasteiger partial charge >= 0.3 is 0 Å². The van der Waals surface area contributed by atoms with Gasteiger partial charge in [0, 0.05) is 18.3 Å². The highest BCUT2D eigenvalue weighted by atomic mass is 16.1. The molecule has 0 radical (unpaired) electrons. The Balaban J connectivity index is 1.80. The highest BCUT2D eigenvalue weighted by Gasteiger charge is 2.54. The highest BCUT2D eigenvalue weighted by molar-refractivity contribution is 5.93. The van der Waals surface area contributed by atoms with Crippen molar-refractivity contribution in [1.82, 2.24) is 0 Å². The standard InChI is InChI=1S/C19H24O2/c1-11-9-12-10-13(20)3-4-14(12)15-7-8-19(2)16(18(11)15)5-6-17(19)21/h10-11,16,18H,3-9H2,1-2H3/t11?,16-,18+,19-/m0/s1. The molecule has 21 heavy (non-hydrogen) atoms. The minimum atomic E-state index is -0.0608. The molecular weight excluding hydrogens is 260 g/mol. The van der Waals surface area contributed by atoms with E-state index >= 15 is 0 Å². The lowest BCUT2D eigenvalue weighted by molar-refractivity contribution is -0.128. The van der Waals surface area contributed by atoms with Gasteiger partial charge in [-0.15, -0.1) is 0 Å². The van der Waals surface area contributed by atoms with Gasteiger partial charge in [-0.1, -0.05) is 19.4 Å². The van der Waals surface area contributed by atoms with Crippen LogP contribution in [0.2, 0.25) is 0 Å². The molecule has 0 saturated heterocycles. The second-order valence-electron chi connectivity index (χ2n) is 7.83. The van der Waals surface area contributed by atoms with Crippen molar-refractivity contribution in [3.05, 3.63) is 22.8 Å². The lowest BCUT2D eigenvalue weighted by Gasteiger charge is -2.49. The van der Waals surface area contributed by atoms with Crippen molar-refractivity contribution < 1.29 is 9.59 Å². The molecule has 4 atom stereocenters. The van der Waals surface area contributed by atoms with Gasteiger partial charge < -0.3 is 0 Å². The van der Waals surface area contributed by atoms with Gasteiger partial charge in [-0.3, -0.25) is 9.59 Å². The SMILES string of the molecule is CC1CC2=CC(=O)CCC2=C2CC[C@]3(C)C(=O)CC[C@H]3[C@@H]21. The van der Waals surface area contributed by atoms with Crippen molar-refractivity contribution in [2.24, 2.45) is 23.2 Å². The number of allylic oxidation sites excluding steroid dienone is 4. The average molecular weight is 284 g/mol. The van der Waals surface area contributed by atoms with E-state index in [1.807, 2.05) is 6.08 Å². The van der Waals surface area contributed by atoms with E-state index in [9.17, 15) is 9.59 Å². The third-order valence-electron chi connectivity index (χ3n) is 6.77. The topological polar surface area (TPSA) is 34.1 Å². The molecule has 0 spiro atoms. The second-order valence-corrected chi connectivity index (χ2v) is 7.83. The Kier molecular flexibility index (Phi) is 2.83. The number of fused-ring (bicyclic) bond motifs is 4. The Labute approximate surface area is 126 Å². The zero-order chi connectivity index (χ0) is 14.8. The van der Waals surface area contributed by atoms with Gasteiger partial charge in [0.15, 0.2) is 5.78 Å². The zero-order valence-electron chi connectivity index (χ0n) is 13.1. The van der Waals surface area contributed by atoms with Crippen molar-refractivity contribution in [2.45, 2.75) is 58.8 Å². The van der Waals surface area contributed by atoms with Crippen LogP contribution in [0.4, 0.5) is 0 Å². The monoisotopic (exact) mass is 284 g/mol. The van der Waals surface area contributed by atoms with Crippen LogP contribution in [0, 0.1) is 23.2 Å². The first-order valence-electron chi connectivity index (χ1n) is 8.49. The zero-order valence-corrected chi connectivity index (χ0v) is 13.1. The second kappa shape index (κ2) is 4.41. The van der Waals surface area contributed by atoms with Crippen LogP contribution in [0.1, 0.15) is 58.8 Å². The number of hydrogen-bond donors (Lipinski definition) is 0. The van der Waals surface area contributed by atoms with E-state index in [0.29, 0.717) is 35.7 Å². The molecule has 2 saturated carbocycles. The lowest BCUT2D eigenvalue weighted by Crippen LogP contribution is -2.43. The molecule has 1 unspecified atom stereocenters. The smallest absolute Gasteiger partial charge is 0.156 e. The molecular formula is C19H24O2. The minimum Gasteiger partial charge on any atom is -0.299 e. The van der Waals surface area contributed by atoms with E-state index in [0.717, 1.165) is 38.5 Å². The average Bonchev–Trinajstić information content (AvgIpc) is 2.74. The fraction of sp³-hybridized carbons (Fsp3) is 0.684. The van der Waals surface area contributed by atoms with E-state index < -0.39 is 0 Å². The summed E-state index contributed by atoms with van der Waals surface area (Å²) >= 11 is 0. The Bertz CT molecular complexity index is 595. The van der Waals surface area contributed by atoms with Crippen LogP contribution < -0.4 is 0 Å². The maximum atomic E-state index is 12.4. The molecule has 4 aliphatic carbocycles. The summed E-state index contributed by atoms with van der Waals surface area (Å²) in [5.74, 6) is 2.53. The summed E-state index contributed by atoms with van der Waals surface area (Å²) in [5, 5.41) is 0. The first kappa shape index (κ1) is 13.5.